The molecule has 0 aliphatic rings. The van der Waals surface area contributed by atoms with Crippen molar-refractivity contribution in [2.24, 2.45) is 0 Å². The molecular weight excluding hydrogens is 330 g/mol. The van der Waals surface area contributed by atoms with Crippen molar-refractivity contribution < 1.29 is 4.79 Å². The van der Waals surface area contributed by atoms with Gasteiger partial charge >= 0.3 is 0 Å². The summed E-state index contributed by atoms with van der Waals surface area (Å²) in [4.78, 5) is 11.3. The van der Waals surface area contributed by atoms with Gasteiger partial charge in [0.25, 0.3) is 0 Å². The van der Waals surface area contributed by atoms with Gasteiger partial charge < -0.3 is 5.32 Å². The maximum absolute atomic E-state index is 11.3. The number of rotatable bonds is 16. The first-order valence-electron chi connectivity index (χ1n) is 10.9. The van der Waals surface area contributed by atoms with Gasteiger partial charge in [-0.3, -0.25) is 4.79 Å². The maximum Gasteiger partial charge on any atom is 0.219 e. The second-order valence-electron chi connectivity index (χ2n) is 7.16. The van der Waals surface area contributed by atoms with Crippen molar-refractivity contribution in [2.75, 3.05) is 6.54 Å². The highest BCUT2D eigenvalue weighted by Gasteiger charge is 1.96. The number of unbranched alkanes of at least 4 members (excludes halogenated alkanes) is 7. The molecule has 0 aromatic heterocycles. The monoisotopic (exact) mass is 369 g/mol. The Bertz CT molecular complexity index is 518. The molecule has 27 heavy (non-hydrogen) atoms. The lowest BCUT2D eigenvalue weighted by molar-refractivity contribution is -0.121. The van der Waals surface area contributed by atoms with Crippen molar-refractivity contribution in [3.05, 3.63) is 60.2 Å². The Morgan fingerprint density at radius 2 is 1.33 bits per heavy atom. The van der Waals surface area contributed by atoms with Crippen molar-refractivity contribution in [3.8, 4) is 0 Å². The fraction of sp³-hybridized carbons (Fsp3) is 0.560. The Kier molecular flexibility index (Phi) is 15.1. The van der Waals surface area contributed by atoms with Crippen LogP contribution in [-0.4, -0.2) is 12.5 Å². The van der Waals surface area contributed by atoms with Crippen LogP contribution >= 0.6 is 0 Å². The summed E-state index contributed by atoms with van der Waals surface area (Å²) < 4.78 is 0. The van der Waals surface area contributed by atoms with Gasteiger partial charge in [-0.05, 0) is 70.3 Å². The Hall–Kier alpha value is -1.83. The van der Waals surface area contributed by atoms with Gasteiger partial charge in [0.15, 0.2) is 0 Å². The lowest BCUT2D eigenvalue weighted by Gasteiger charge is -2.00. The minimum atomic E-state index is 0.177. The molecule has 1 aromatic rings. The van der Waals surface area contributed by atoms with Gasteiger partial charge in [0.2, 0.25) is 5.91 Å². The topological polar surface area (TPSA) is 29.1 Å². The van der Waals surface area contributed by atoms with E-state index in [1.165, 1.54) is 63.4 Å². The largest absolute Gasteiger partial charge is 0.356 e. The molecule has 0 saturated carbocycles. The molecule has 0 atom stereocenters. The van der Waals surface area contributed by atoms with Crippen LogP contribution in [0.2, 0.25) is 0 Å². The van der Waals surface area contributed by atoms with E-state index in [1.807, 2.05) is 6.92 Å². The Morgan fingerprint density at radius 1 is 0.778 bits per heavy atom. The predicted molar refractivity (Wildman–Crippen MR) is 118 cm³/mol. The minimum absolute atomic E-state index is 0.177. The number of hydrogen-bond acceptors (Lipinski definition) is 1. The fourth-order valence-electron chi connectivity index (χ4n) is 3.08. The van der Waals surface area contributed by atoms with Gasteiger partial charge in [-0.25, -0.2) is 0 Å². The summed E-state index contributed by atoms with van der Waals surface area (Å²) in [5.41, 5.74) is 1.45. The Balaban J connectivity index is 1.82. The minimum Gasteiger partial charge on any atom is -0.356 e. The molecule has 0 saturated heterocycles. The third-order valence-electron chi connectivity index (χ3n) is 4.65. The normalized spacial score (nSPS) is 11.4. The third kappa shape index (κ3) is 15.0. The molecule has 0 bridgehead atoms. The molecule has 0 spiro atoms. The molecule has 1 aromatic carbocycles. The van der Waals surface area contributed by atoms with Gasteiger partial charge in [-0.2, -0.15) is 0 Å². The standard InChI is InChI=1S/C25H39NO/c1-2-26-25(27)23-19-14-12-10-8-6-4-3-5-7-9-11-13-16-20-24-21-17-15-18-22-24/h9-12,15,17-18,21-22H,2-8,13-14,16,19-20,23H2,1H3,(H,26,27)/b11-9+,12-10-. The van der Waals surface area contributed by atoms with Crippen molar-refractivity contribution in [3.63, 3.8) is 0 Å². The summed E-state index contributed by atoms with van der Waals surface area (Å²) in [6, 6.07) is 10.7. The number of amides is 1. The molecule has 2 nitrogen and oxygen atoms in total. The van der Waals surface area contributed by atoms with E-state index in [-0.39, 0.29) is 5.91 Å². The second kappa shape index (κ2) is 17.6. The zero-order valence-corrected chi connectivity index (χ0v) is 17.3. The number of aryl methyl sites for hydroxylation is 1. The fourth-order valence-corrected chi connectivity index (χ4v) is 3.08. The molecular formula is C25H39NO. The van der Waals surface area contributed by atoms with E-state index < -0.39 is 0 Å². The number of carbonyl (C=O) groups is 1. The molecule has 0 fully saturated rings. The number of benzene rings is 1. The molecule has 0 aliphatic heterocycles. The molecule has 0 heterocycles. The van der Waals surface area contributed by atoms with Crippen LogP contribution in [0.5, 0.6) is 0 Å². The first-order chi connectivity index (χ1) is 13.3. The highest BCUT2D eigenvalue weighted by atomic mass is 16.1. The molecule has 150 valence electrons. The summed E-state index contributed by atoms with van der Waals surface area (Å²) >= 11 is 0. The number of hydrogen-bond donors (Lipinski definition) is 1. The molecule has 0 unspecified atom stereocenters. The highest BCUT2D eigenvalue weighted by molar-refractivity contribution is 5.75. The van der Waals surface area contributed by atoms with Gasteiger partial charge in [-0.1, -0.05) is 67.5 Å². The van der Waals surface area contributed by atoms with E-state index >= 15 is 0 Å². The van der Waals surface area contributed by atoms with Gasteiger partial charge in [0.1, 0.15) is 0 Å². The van der Waals surface area contributed by atoms with Gasteiger partial charge in [-0.15, -0.1) is 0 Å². The average Bonchev–Trinajstić information content (AvgIpc) is 2.68. The van der Waals surface area contributed by atoms with Crippen LogP contribution < -0.4 is 5.32 Å². The number of allylic oxidation sites excluding steroid dienone is 4. The lowest BCUT2D eigenvalue weighted by Crippen LogP contribution is -2.21. The van der Waals surface area contributed by atoms with E-state index in [9.17, 15) is 4.79 Å². The number of nitrogens with one attached hydrogen (secondary N) is 1. The first-order valence-corrected chi connectivity index (χ1v) is 10.9. The highest BCUT2D eigenvalue weighted by Crippen LogP contribution is 2.09. The maximum atomic E-state index is 11.3. The predicted octanol–water partition coefficient (Wildman–Crippen LogP) is 6.77. The van der Waals surface area contributed by atoms with Crippen LogP contribution in [0.15, 0.2) is 54.6 Å². The molecule has 2 heteroatoms. The Labute approximate surface area is 167 Å². The van der Waals surface area contributed by atoms with Crippen LogP contribution in [0.1, 0.15) is 83.1 Å². The molecule has 1 N–H and O–H groups in total. The number of carbonyl (C=O) groups excluding carboxylic acids is 1. The van der Waals surface area contributed by atoms with Crippen molar-refractivity contribution in [1.29, 1.82) is 0 Å². The first kappa shape index (κ1) is 23.2. The summed E-state index contributed by atoms with van der Waals surface area (Å²) in [7, 11) is 0. The van der Waals surface area contributed by atoms with Gasteiger partial charge in [0, 0.05) is 13.0 Å². The van der Waals surface area contributed by atoms with Crippen molar-refractivity contribution >= 4 is 5.91 Å². The zero-order valence-electron chi connectivity index (χ0n) is 17.3. The summed E-state index contributed by atoms with van der Waals surface area (Å²) in [5, 5.41) is 2.83. The van der Waals surface area contributed by atoms with Crippen LogP contribution in [0.25, 0.3) is 0 Å². The lowest BCUT2D eigenvalue weighted by atomic mass is 10.1. The Morgan fingerprint density at radius 3 is 1.93 bits per heavy atom. The molecule has 0 radical (unpaired) electrons. The second-order valence-corrected chi connectivity index (χ2v) is 7.16. The molecule has 0 aliphatic carbocycles. The SMILES string of the molecule is CCNC(=O)CCC/C=C\CCCCCC/C=C/CCCc1ccccc1. The van der Waals surface area contributed by atoms with E-state index in [1.54, 1.807) is 0 Å². The third-order valence-corrected chi connectivity index (χ3v) is 4.65. The van der Waals surface area contributed by atoms with E-state index in [0.717, 1.165) is 19.4 Å². The van der Waals surface area contributed by atoms with Crippen LogP contribution in [0, 0.1) is 0 Å². The smallest absolute Gasteiger partial charge is 0.219 e. The zero-order chi connectivity index (χ0) is 19.4. The summed E-state index contributed by atoms with van der Waals surface area (Å²) in [6.07, 6.45) is 23.1. The van der Waals surface area contributed by atoms with E-state index in [4.69, 9.17) is 0 Å². The summed E-state index contributed by atoms with van der Waals surface area (Å²) in [5.74, 6) is 0.177. The van der Waals surface area contributed by atoms with Crippen LogP contribution in [0.4, 0.5) is 0 Å². The summed E-state index contributed by atoms with van der Waals surface area (Å²) in [6.45, 7) is 2.69. The van der Waals surface area contributed by atoms with Crippen molar-refractivity contribution in [1.82, 2.24) is 5.32 Å². The van der Waals surface area contributed by atoms with E-state index in [0.29, 0.717) is 6.42 Å². The van der Waals surface area contributed by atoms with E-state index in [2.05, 4.69) is 60.0 Å². The van der Waals surface area contributed by atoms with Crippen molar-refractivity contribution in [2.45, 2.75) is 84.0 Å². The molecule has 1 amide bonds. The average molecular weight is 370 g/mol. The van der Waals surface area contributed by atoms with Crippen LogP contribution in [0.3, 0.4) is 0 Å². The van der Waals surface area contributed by atoms with Crippen LogP contribution in [-0.2, 0) is 11.2 Å². The quantitative estimate of drug-likeness (QED) is 0.253. The van der Waals surface area contributed by atoms with Gasteiger partial charge in [0.05, 0.1) is 0 Å². The molecule has 1 rings (SSSR count).